The number of amides is 1. The van der Waals surface area contributed by atoms with Gasteiger partial charge in [-0.15, -0.1) is 8.78 Å². The molecule has 9 nitrogen and oxygen atoms in total. The van der Waals surface area contributed by atoms with Crippen molar-refractivity contribution in [2.24, 2.45) is 5.92 Å². The maximum Gasteiger partial charge on any atom is 0.586 e. The lowest BCUT2D eigenvalue weighted by Gasteiger charge is -2.31. The summed E-state index contributed by atoms with van der Waals surface area (Å²) in [6.45, 7) is 9.68. The molecule has 3 aromatic carbocycles. The van der Waals surface area contributed by atoms with Gasteiger partial charge in [-0.05, 0) is 68.5 Å². The Morgan fingerprint density at radius 3 is 2.29 bits per heavy atom. The minimum absolute atomic E-state index is 0.0418. The van der Waals surface area contributed by atoms with E-state index in [1.54, 1.807) is 20.8 Å². The number of carbonyl (C=O) groups is 1. The van der Waals surface area contributed by atoms with Gasteiger partial charge in [0.25, 0.3) is 0 Å². The van der Waals surface area contributed by atoms with Gasteiger partial charge in [0.05, 0.1) is 17.0 Å². The van der Waals surface area contributed by atoms with Crippen molar-refractivity contribution in [1.29, 1.82) is 0 Å². The molecule has 0 fully saturated rings. The Labute approximate surface area is 265 Å². The van der Waals surface area contributed by atoms with Gasteiger partial charge < -0.3 is 29.4 Å². The van der Waals surface area contributed by atoms with Crippen molar-refractivity contribution in [3.05, 3.63) is 83.9 Å². The smallest absolute Gasteiger partial charge is 0.489 e. The van der Waals surface area contributed by atoms with Crippen molar-refractivity contribution in [2.75, 3.05) is 13.1 Å². The van der Waals surface area contributed by atoms with E-state index >= 15 is 0 Å². The van der Waals surface area contributed by atoms with Gasteiger partial charge in [-0.1, -0.05) is 56.3 Å². The number of carbonyl (C=O) groups excluding carboxylic acids is 1. The summed E-state index contributed by atoms with van der Waals surface area (Å²) < 4.78 is 62.7. The zero-order valence-corrected chi connectivity index (χ0v) is 26.8. The largest absolute Gasteiger partial charge is 0.586 e. The number of aliphatic hydroxyl groups excluding tert-OH is 1. The van der Waals surface area contributed by atoms with Crippen LogP contribution in [0.2, 0.25) is 0 Å². The van der Waals surface area contributed by atoms with E-state index in [1.807, 2.05) is 68.4 Å². The molecule has 0 saturated carbocycles. The van der Waals surface area contributed by atoms with E-state index < -0.39 is 41.1 Å². The highest BCUT2D eigenvalue weighted by atomic mass is 32.2. The molecule has 12 heteroatoms. The maximum absolute atomic E-state index is 13.7. The average Bonchev–Trinajstić information content (AvgIpc) is 3.28. The van der Waals surface area contributed by atoms with Gasteiger partial charge in [0.2, 0.25) is 0 Å². The molecule has 1 amide bonds. The molecule has 2 N–H and O–H groups in total. The molecule has 0 radical (unpaired) electrons. The molecule has 0 aromatic heterocycles. The molecule has 1 aliphatic heterocycles. The van der Waals surface area contributed by atoms with Crippen LogP contribution >= 0.6 is 0 Å². The number of hydrogen-bond acceptors (Lipinski definition) is 7. The summed E-state index contributed by atoms with van der Waals surface area (Å²) in [6.07, 6.45) is -5.46. The first kappa shape index (κ1) is 34.1. The first-order valence-electron chi connectivity index (χ1n) is 14.7. The van der Waals surface area contributed by atoms with Gasteiger partial charge in [0, 0.05) is 19.2 Å². The standard InChI is InChI=1S/C33H40F2N2O7S/c1-22(2)19-37(45(40)26-15-16-29-30(18-26)43-33(34,35)42-29)20-28(38)27(36-31(39)44-32(3,4)5)17-23-11-13-25(14-12-23)41-21-24-9-7-6-8-10-24/h6-16,18,22,27-28,38H,17,19-21H2,1-5H3,(H,36,39)/t27-,28+,45?/m0/s1. The fourth-order valence-electron chi connectivity index (χ4n) is 4.60. The Morgan fingerprint density at radius 1 is 0.978 bits per heavy atom. The van der Waals surface area contributed by atoms with E-state index in [4.69, 9.17) is 9.47 Å². The zero-order valence-electron chi connectivity index (χ0n) is 26.0. The Hall–Kier alpha value is -3.74. The van der Waals surface area contributed by atoms with Crippen LogP contribution in [0.3, 0.4) is 0 Å². The van der Waals surface area contributed by atoms with Crippen LogP contribution in [0.1, 0.15) is 45.7 Å². The number of aliphatic hydroxyl groups is 1. The lowest BCUT2D eigenvalue weighted by Crippen LogP contribution is -2.51. The fraction of sp³-hybridized carbons (Fsp3) is 0.424. The number of halogens is 2. The third-order valence-corrected chi connectivity index (χ3v) is 7.99. The molecule has 1 aliphatic rings. The van der Waals surface area contributed by atoms with Crippen molar-refractivity contribution in [3.63, 3.8) is 0 Å². The highest BCUT2D eigenvalue weighted by Gasteiger charge is 2.43. The summed E-state index contributed by atoms with van der Waals surface area (Å²) in [5.41, 5.74) is 1.09. The number of fused-ring (bicyclic) bond motifs is 1. The summed E-state index contributed by atoms with van der Waals surface area (Å²) in [4.78, 5) is 13.0. The van der Waals surface area contributed by atoms with Gasteiger partial charge in [0.1, 0.15) is 28.9 Å². The molecule has 1 heterocycles. The topological polar surface area (TPSA) is 107 Å². The van der Waals surface area contributed by atoms with Gasteiger partial charge in [-0.3, -0.25) is 0 Å². The van der Waals surface area contributed by atoms with Crippen molar-refractivity contribution in [1.82, 2.24) is 9.62 Å². The molecule has 0 spiro atoms. The van der Waals surface area contributed by atoms with Crippen LogP contribution < -0.4 is 19.5 Å². The highest BCUT2D eigenvalue weighted by Crippen LogP contribution is 2.42. The third-order valence-electron chi connectivity index (χ3n) is 6.56. The molecule has 1 unspecified atom stereocenters. The molecule has 244 valence electrons. The van der Waals surface area contributed by atoms with Crippen molar-refractivity contribution in [2.45, 2.75) is 76.6 Å². The molecule has 0 bridgehead atoms. The van der Waals surface area contributed by atoms with Crippen LogP contribution in [0.15, 0.2) is 77.7 Å². The normalized spacial score (nSPS) is 15.9. The molecule has 0 saturated heterocycles. The number of ether oxygens (including phenoxy) is 4. The van der Waals surface area contributed by atoms with Crippen LogP contribution in [-0.2, 0) is 28.8 Å². The van der Waals surface area contributed by atoms with Crippen molar-refractivity contribution >= 4 is 17.1 Å². The van der Waals surface area contributed by atoms with Gasteiger partial charge in [-0.25, -0.2) is 13.3 Å². The molecule has 3 atom stereocenters. The first-order valence-corrected chi connectivity index (χ1v) is 15.8. The van der Waals surface area contributed by atoms with E-state index in [0.717, 1.165) is 11.1 Å². The lowest BCUT2D eigenvalue weighted by molar-refractivity contribution is -0.286. The summed E-state index contributed by atoms with van der Waals surface area (Å²) in [7, 11) is -1.86. The summed E-state index contributed by atoms with van der Waals surface area (Å²) in [5.74, 6) is 0.325. The number of nitrogens with zero attached hydrogens (tertiary/aromatic N) is 1. The predicted octanol–water partition coefficient (Wildman–Crippen LogP) is 6.06. The number of rotatable bonds is 13. The first-order chi connectivity index (χ1) is 21.2. The van der Waals surface area contributed by atoms with Crippen LogP contribution in [0.25, 0.3) is 0 Å². The van der Waals surface area contributed by atoms with E-state index in [-0.39, 0.29) is 35.3 Å². The SMILES string of the molecule is CC(C)CN(C[C@@H](O)[C@H](Cc1ccc(OCc2ccccc2)cc1)NC(=O)OC(C)(C)C)S(=O)c1ccc2c(c1)OC(F)(F)O2. The number of hydrogen-bond donors (Lipinski definition) is 2. The lowest BCUT2D eigenvalue weighted by atomic mass is 10.0. The Balaban J connectivity index is 1.49. The zero-order chi connectivity index (χ0) is 32.8. The van der Waals surface area contributed by atoms with Crippen molar-refractivity contribution in [3.8, 4) is 17.2 Å². The van der Waals surface area contributed by atoms with E-state index in [9.17, 15) is 22.9 Å². The van der Waals surface area contributed by atoms with E-state index in [0.29, 0.717) is 18.9 Å². The molecule has 3 aromatic rings. The monoisotopic (exact) mass is 646 g/mol. The second-order valence-electron chi connectivity index (χ2n) is 12.2. The van der Waals surface area contributed by atoms with E-state index in [2.05, 4.69) is 14.8 Å². The predicted molar refractivity (Wildman–Crippen MR) is 166 cm³/mol. The molecular formula is C33H40F2N2O7S. The Bertz CT molecular complexity index is 1450. The summed E-state index contributed by atoms with van der Waals surface area (Å²) in [6, 6.07) is 20.2. The van der Waals surface area contributed by atoms with Gasteiger partial charge in [0.15, 0.2) is 11.5 Å². The summed E-state index contributed by atoms with van der Waals surface area (Å²) in [5, 5.41) is 14.2. The molecule has 45 heavy (non-hydrogen) atoms. The number of nitrogens with one attached hydrogen (secondary N) is 1. The maximum atomic E-state index is 13.7. The van der Waals surface area contributed by atoms with Crippen molar-refractivity contribution < 1.29 is 41.8 Å². The average molecular weight is 647 g/mol. The van der Waals surface area contributed by atoms with Crippen LogP contribution in [0.4, 0.5) is 13.6 Å². The van der Waals surface area contributed by atoms with Crippen LogP contribution in [0.5, 0.6) is 17.2 Å². The molecule has 0 aliphatic carbocycles. The van der Waals surface area contributed by atoms with Crippen LogP contribution in [0, 0.1) is 5.92 Å². The number of benzene rings is 3. The van der Waals surface area contributed by atoms with Gasteiger partial charge >= 0.3 is 12.4 Å². The number of alkyl halides is 2. The Morgan fingerprint density at radius 2 is 1.64 bits per heavy atom. The fourth-order valence-corrected chi connectivity index (χ4v) is 6.01. The second-order valence-corrected chi connectivity index (χ2v) is 13.7. The minimum atomic E-state index is -3.80. The summed E-state index contributed by atoms with van der Waals surface area (Å²) >= 11 is 0. The van der Waals surface area contributed by atoms with Crippen LogP contribution in [-0.4, -0.2) is 56.8 Å². The number of alkyl carbamates (subject to hydrolysis) is 1. The second kappa shape index (κ2) is 14.6. The molecular weight excluding hydrogens is 606 g/mol. The Kier molecular flexibility index (Phi) is 11.1. The van der Waals surface area contributed by atoms with Gasteiger partial charge in [-0.2, -0.15) is 0 Å². The van der Waals surface area contributed by atoms with E-state index in [1.165, 1.54) is 22.5 Å². The highest BCUT2D eigenvalue weighted by molar-refractivity contribution is 7.82. The molecule has 4 rings (SSSR count). The minimum Gasteiger partial charge on any atom is -0.489 e. The quantitative estimate of drug-likeness (QED) is 0.232. The third kappa shape index (κ3) is 10.4.